The zero-order valence-electron chi connectivity index (χ0n) is 10.1. The molecule has 0 saturated carbocycles. The van der Waals surface area contributed by atoms with Crippen LogP contribution in [0.1, 0.15) is 28.4 Å². The van der Waals surface area contributed by atoms with Gasteiger partial charge in [0.25, 0.3) is 0 Å². The first-order valence-electron chi connectivity index (χ1n) is 5.98. The van der Waals surface area contributed by atoms with E-state index in [9.17, 15) is 4.79 Å². The summed E-state index contributed by atoms with van der Waals surface area (Å²) in [5, 5.41) is 0.636. The van der Waals surface area contributed by atoms with Gasteiger partial charge in [0, 0.05) is 5.02 Å². The molecule has 1 aliphatic heterocycles. The summed E-state index contributed by atoms with van der Waals surface area (Å²) in [6.07, 6.45) is 0.0129. The maximum Gasteiger partial charge on any atom is 0.170 e. The number of Topliss-reactive ketones (excluding diaryl/α,β-unsaturated/α-hetero) is 1. The van der Waals surface area contributed by atoms with E-state index in [4.69, 9.17) is 24.2 Å². The van der Waals surface area contributed by atoms with E-state index in [-0.39, 0.29) is 11.9 Å². The van der Waals surface area contributed by atoms with Gasteiger partial charge in [0.1, 0.15) is 19.7 Å². The van der Waals surface area contributed by atoms with Crippen LogP contribution < -0.4 is 10.2 Å². The Morgan fingerprint density at radius 3 is 2.84 bits per heavy atom. The first-order valence-corrected chi connectivity index (χ1v) is 6.36. The van der Waals surface area contributed by atoms with Crippen molar-refractivity contribution in [3.63, 3.8) is 0 Å². The van der Waals surface area contributed by atoms with Gasteiger partial charge >= 0.3 is 0 Å². The summed E-state index contributed by atoms with van der Waals surface area (Å²) in [5.74, 6) is 0.619. The van der Waals surface area contributed by atoms with E-state index in [1.807, 2.05) is 18.2 Å². The van der Waals surface area contributed by atoms with Crippen LogP contribution in [0.3, 0.4) is 0 Å². The van der Waals surface area contributed by atoms with Crippen molar-refractivity contribution in [1.29, 1.82) is 0 Å². The summed E-state index contributed by atoms with van der Waals surface area (Å²) < 4.78 is 5.86. The van der Waals surface area contributed by atoms with Crippen molar-refractivity contribution >= 4 is 30.7 Å². The Bertz CT molecular complexity index is 654. The lowest BCUT2D eigenvalue weighted by molar-refractivity contribution is 0.0850. The fraction of sp³-hybridized carbons (Fsp3) is 0.133. The number of ether oxygens (including phenoxy) is 1. The maximum atomic E-state index is 12.1. The molecule has 0 aliphatic carbocycles. The molecule has 2 radical (unpaired) electrons. The van der Waals surface area contributed by atoms with Crippen LogP contribution in [0.2, 0.25) is 5.02 Å². The molecule has 0 bridgehead atoms. The SMILES string of the molecule is [B]c1ccc2c(c1)C(=O)CC(c1cccc(Cl)c1)O2. The Balaban J connectivity index is 1.97. The fourth-order valence-corrected chi connectivity index (χ4v) is 2.43. The van der Waals surface area contributed by atoms with E-state index in [1.54, 1.807) is 24.3 Å². The summed E-state index contributed by atoms with van der Waals surface area (Å²) >= 11 is 5.96. The quantitative estimate of drug-likeness (QED) is 0.744. The average molecular weight is 269 g/mol. The number of ketones is 1. The lowest BCUT2D eigenvalue weighted by Crippen LogP contribution is -2.22. The minimum Gasteiger partial charge on any atom is -0.484 e. The molecule has 1 heterocycles. The Morgan fingerprint density at radius 1 is 1.21 bits per heavy atom. The number of rotatable bonds is 1. The molecule has 4 heteroatoms. The van der Waals surface area contributed by atoms with E-state index in [0.717, 1.165) is 5.56 Å². The Labute approximate surface area is 117 Å². The molecule has 1 unspecified atom stereocenters. The van der Waals surface area contributed by atoms with Crippen LogP contribution in [-0.2, 0) is 0 Å². The molecule has 0 spiro atoms. The highest BCUT2D eigenvalue weighted by Crippen LogP contribution is 2.34. The van der Waals surface area contributed by atoms with Crippen molar-refractivity contribution < 1.29 is 9.53 Å². The molecular formula is C15H10BClO2. The van der Waals surface area contributed by atoms with Crippen LogP contribution in [0.5, 0.6) is 5.75 Å². The minimum atomic E-state index is -0.290. The normalized spacial score (nSPS) is 17.7. The largest absolute Gasteiger partial charge is 0.484 e. The summed E-state index contributed by atoms with van der Waals surface area (Å²) in [6.45, 7) is 0. The Morgan fingerprint density at radius 2 is 2.05 bits per heavy atom. The minimum absolute atomic E-state index is 0.0403. The molecular weight excluding hydrogens is 258 g/mol. The summed E-state index contributed by atoms with van der Waals surface area (Å²) in [4.78, 5) is 12.1. The van der Waals surface area contributed by atoms with Crippen molar-refractivity contribution in [2.24, 2.45) is 0 Å². The van der Waals surface area contributed by atoms with Gasteiger partial charge in [0.05, 0.1) is 12.0 Å². The predicted molar refractivity (Wildman–Crippen MR) is 75.6 cm³/mol. The molecule has 0 N–H and O–H groups in total. The Kier molecular flexibility index (Phi) is 3.07. The molecule has 3 rings (SSSR count). The van der Waals surface area contributed by atoms with E-state index in [2.05, 4.69) is 0 Å². The second-order valence-corrected chi connectivity index (χ2v) is 4.98. The van der Waals surface area contributed by atoms with Crippen LogP contribution in [0.25, 0.3) is 0 Å². The molecule has 2 nitrogen and oxygen atoms in total. The van der Waals surface area contributed by atoms with Crippen LogP contribution in [0.15, 0.2) is 42.5 Å². The highest BCUT2D eigenvalue weighted by Gasteiger charge is 2.27. The molecule has 1 aliphatic rings. The lowest BCUT2D eigenvalue weighted by atomic mass is 9.89. The molecule has 1 atom stereocenters. The second kappa shape index (κ2) is 4.74. The molecule has 2 aromatic carbocycles. The number of halogens is 1. The van der Waals surface area contributed by atoms with Crippen molar-refractivity contribution in [3.05, 3.63) is 58.6 Å². The molecule has 0 amide bonds. The van der Waals surface area contributed by atoms with E-state index in [0.29, 0.717) is 28.2 Å². The van der Waals surface area contributed by atoms with Gasteiger partial charge in [-0.05, 0) is 23.8 Å². The highest BCUT2D eigenvalue weighted by molar-refractivity contribution is 6.33. The smallest absolute Gasteiger partial charge is 0.170 e. The van der Waals surface area contributed by atoms with Gasteiger partial charge in [-0.3, -0.25) is 4.79 Å². The monoisotopic (exact) mass is 268 g/mol. The average Bonchev–Trinajstić information content (AvgIpc) is 2.39. The zero-order chi connectivity index (χ0) is 13.4. The van der Waals surface area contributed by atoms with Gasteiger partial charge in [-0.15, -0.1) is 0 Å². The first-order chi connectivity index (χ1) is 9.13. The van der Waals surface area contributed by atoms with Crippen LogP contribution >= 0.6 is 11.6 Å². The van der Waals surface area contributed by atoms with E-state index >= 15 is 0 Å². The number of carbonyl (C=O) groups excluding carboxylic acids is 1. The number of hydrogen-bond acceptors (Lipinski definition) is 2. The highest BCUT2D eigenvalue weighted by atomic mass is 35.5. The summed E-state index contributed by atoms with van der Waals surface area (Å²) in [7, 11) is 5.68. The Hall–Kier alpha value is -1.74. The molecule has 92 valence electrons. The van der Waals surface area contributed by atoms with Crippen molar-refractivity contribution in [2.45, 2.75) is 12.5 Å². The topological polar surface area (TPSA) is 26.3 Å². The van der Waals surface area contributed by atoms with Crippen LogP contribution in [-0.4, -0.2) is 13.6 Å². The van der Waals surface area contributed by atoms with Gasteiger partial charge in [0.15, 0.2) is 5.78 Å². The van der Waals surface area contributed by atoms with Crippen molar-refractivity contribution in [3.8, 4) is 5.75 Å². The third-order valence-corrected chi connectivity index (χ3v) is 3.40. The lowest BCUT2D eigenvalue weighted by Gasteiger charge is -2.26. The predicted octanol–water partition coefficient (Wildman–Crippen LogP) is 2.84. The van der Waals surface area contributed by atoms with Crippen molar-refractivity contribution in [2.75, 3.05) is 0 Å². The number of hydrogen-bond donors (Lipinski definition) is 0. The third-order valence-electron chi connectivity index (χ3n) is 3.16. The van der Waals surface area contributed by atoms with Gasteiger partial charge in [-0.25, -0.2) is 0 Å². The summed E-state index contributed by atoms with van der Waals surface area (Å²) in [6, 6.07) is 12.5. The number of carbonyl (C=O) groups is 1. The number of fused-ring (bicyclic) bond motifs is 1. The molecule has 19 heavy (non-hydrogen) atoms. The van der Waals surface area contributed by atoms with Crippen LogP contribution in [0, 0.1) is 0 Å². The standard InChI is InChI=1S/C15H10BClO2/c16-10-4-5-14-12(7-10)13(18)8-15(19-14)9-2-1-3-11(17)6-9/h1-7,15H,8H2. The van der Waals surface area contributed by atoms with Gasteiger partial charge < -0.3 is 4.74 Å². The van der Waals surface area contributed by atoms with Gasteiger partial charge in [0.2, 0.25) is 0 Å². The molecule has 0 saturated heterocycles. The third kappa shape index (κ3) is 2.38. The molecule has 0 aromatic heterocycles. The van der Waals surface area contributed by atoms with Gasteiger partial charge in [-0.2, -0.15) is 0 Å². The maximum absolute atomic E-state index is 12.1. The van der Waals surface area contributed by atoms with E-state index in [1.165, 1.54) is 0 Å². The zero-order valence-corrected chi connectivity index (χ0v) is 10.9. The first kappa shape index (κ1) is 12.3. The summed E-state index contributed by atoms with van der Waals surface area (Å²) in [5.41, 5.74) is 2.03. The van der Waals surface area contributed by atoms with E-state index < -0.39 is 0 Å². The molecule has 2 aromatic rings. The second-order valence-electron chi connectivity index (χ2n) is 4.54. The molecule has 0 fully saturated rings. The van der Waals surface area contributed by atoms with Gasteiger partial charge in [-0.1, -0.05) is 41.3 Å². The van der Waals surface area contributed by atoms with Crippen LogP contribution in [0.4, 0.5) is 0 Å². The number of benzene rings is 2. The fourth-order valence-electron chi connectivity index (χ4n) is 2.23. The van der Waals surface area contributed by atoms with Crippen molar-refractivity contribution in [1.82, 2.24) is 0 Å².